The second-order valence-corrected chi connectivity index (χ2v) is 12.4. The maximum absolute atomic E-state index is 12.9. The first-order valence-electron chi connectivity index (χ1n) is 14.2. The predicted octanol–water partition coefficient (Wildman–Crippen LogP) is 6.71. The van der Waals surface area contributed by atoms with Gasteiger partial charge in [-0.3, -0.25) is 14.5 Å². The van der Waals surface area contributed by atoms with Crippen LogP contribution in [0.25, 0.3) is 32.0 Å². The molecule has 0 aliphatic rings. The zero-order chi connectivity index (χ0) is 29.2. The van der Waals surface area contributed by atoms with E-state index in [0.29, 0.717) is 25.9 Å². The molecular weight excluding hydrogens is 551 g/mol. The van der Waals surface area contributed by atoms with Crippen LogP contribution in [0.15, 0.2) is 60.9 Å². The lowest BCUT2D eigenvalue weighted by molar-refractivity contribution is -0.135. The molecule has 0 spiro atoms. The number of carbonyl (C=O) groups is 2. The van der Waals surface area contributed by atoms with Crippen LogP contribution in [0.4, 0.5) is 0 Å². The Morgan fingerprint density at radius 1 is 0.805 bits per heavy atom. The largest absolute Gasteiger partial charge is 0.347 e. The molecule has 1 N–H and O–H groups in total. The monoisotopic (exact) mass is 589 g/mol. The van der Waals surface area contributed by atoms with Gasteiger partial charge >= 0.3 is 0 Å². The Bertz CT molecular complexity index is 1400. The molecule has 2 aromatic heterocycles. The van der Waals surface area contributed by atoms with Crippen molar-refractivity contribution < 1.29 is 9.59 Å². The van der Waals surface area contributed by atoms with Gasteiger partial charge in [-0.25, -0.2) is 9.97 Å². The molecule has 0 fully saturated rings. The molecule has 4 rings (SSSR count). The van der Waals surface area contributed by atoms with E-state index < -0.39 is 6.04 Å². The molecule has 0 bridgehead atoms. The van der Waals surface area contributed by atoms with Crippen LogP contribution < -0.4 is 5.32 Å². The van der Waals surface area contributed by atoms with Crippen molar-refractivity contribution >= 4 is 35.0 Å². The Hall–Kier alpha value is -3.40. The van der Waals surface area contributed by atoms with E-state index in [4.69, 9.17) is 0 Å². The maximum Gasteiger partial charge on any atom is 0.245 e. The van der Waals surface area contributed by atoms with Crippen LogP contribution in [0.3, 0.4) is 0 Å². The third-order valence-corrected chi connectivity index (χ3v) is 8.96. The van der Waals surface area contributed by atoms with Gasteiger partial charge in [0.25, 0.3) is 0 Å². The van der Waals surface area contributed by atoms with Gasteiger partial charge < -0.3 is 10.2 Å². The quantitative estimate of drug-likeness (QED) is 0.156. The van der Waals surface area contributed by atoms with Crippen LogP contribution in [-0.2, 0) is 22.7 Å². The third kappa shape index (κ3) is 8.09. The molecular formula is C32H39N5O2S2. The zero-order valence-electron chi connectivity index (χ0n) is 24.3. The highest BCUT2D eigenvalue weighted by atomic mass is 32.1. The van der Waals surface area contributed by atoms with Crippen molar-refractivity contribution in [2.24, 2.45) is 0 Å². The fourth-order valence-electron chi connectivity index (χ4n) is 4.75. The summed E-state index contributed by atoms with van der Waals surface area (Å²) in [6.45, 7) is 9.16. The second-order valence-electron chi connectivity index (χ2n) is 10.1. The fourth-order valence-corrected chi connectivity index (χ4v) is 6.69. The molecule has 2 heterocycles. The van der Waals surface area contributed by atoms with Crippen LogP contribution in [-0.4, -0.2) is 58.3 Å². The highest BCUT2D eigenvalue weighted by Gasteiger charge is 2.23. The van der Waals surface area contributed by atoms with Gasteiger partial charge in [0, 0.05) is 18.9 Å². The number of aromatic nitrogens is 2. The molecule has 7 nitrogen and oxygen atoms in total. The number of benzene rings is 2. The first-order valence-corrected chi connectivity index (χ1v) is 15.9. The predicted molar refractivity (Wildman–Crippen MR) is 170 cm³/mol. The van der Waals surface area contributed by atoms with Crippen molar-refractivity contribution in [2.75, 3.05) is 20.1 Å². The summed E-state index contributed by atoms with van der Waals surface area (Å²) in [6, 6.07) is 16.7. The Balaban J connectivity index is 1.41. The fraction of sp³-hybridized carbons (Fsp3) is 0.375. The number of amides is 2. The number of thiazole rings is 2. The van der Waals surface area contributed by atoms with E-state index in [1.807, 2.05) is 26.2 Å². The van der Waals surface area contributed by atoms with Crippen LogP contribution in [0.2, 0.25) is 0 Å². The molecule has 2 amide bonds. The summed E-state index contributed by atoms with van der Waals surface area (Å²) in [5.41, 5.74) is 4.61. The highest BCUT2D eigenvalue weighted by Crippen LogP contribution is 2.32. The molecule has 0 radical (unpaired) electrons. The van der Waals surface area contributed by atoms with Gasteiger partial charge in [0.15, 0.2) is 0 Å². The molecule has 0 aliphatic carbocycles. The molecule has 1 atom stereocenters. The van der Waals surface area contributed by atoms with Crippen molar-refractivity contribution in [1.29, 1.82) is 0 Å². The molecule has 0 unspecified atom stereocenters. The Labute approximate surface area is 251 Å². The maximum atomic E-state index is 12.9. The average Bonchev–Trinajstić information content (AvgIpc) is 3.66. The summed E-state index contributed by atoms with van der Waals surface area (Å²) < 4.78 is 0. The van der Waals surface area contributed by atoms with E-state index in [2.05, 4.69) is 82.7 Å². The van der Waals surface area contributed by atoms with Gasteiger partial charge in [-0.15, -0.1) is 22.7 Å². The summed E-state index contributed by atoms with van der Waals surface area (Å²) in [6.07, 6.45) is 6.99. The van der Waals surface area contributed by atoms with Crippen molar-refractivity contribution in [3.8, 4) is 32.0 Å². The summed E-state index contributed by atoms with van der Waals surface area (Å²) >= 11 is 3.36. The summed E-state index contributed by atoms with van der Waals surface area (Å²) in [4.78, 5) is 39.4. The van der Waals surface area contributed by atoms with Crippen LogP contribution >= 0.6 is 22.7 Å². The Morgan fingerprint density at radius 2 is 1.29 bits per heavy atom. The Morgan fingerprint density at radius 3 is 1.76 bits per heavy atom. The minimum atomic E-state index is -0.503. The van der Waals surface area contributed by atoms with E-state index in [0.717, 1.165) is 52.0 Å². The van der Waals surface area contributed by atoms with Crippen molar-refractivity contribution in [3.63, 3.8) is 0 Å². The van der Waals surface area contributed by atoms with Gasteiger partial charge in [-0.2, -0.15) is 0 Å². The van der Waals surface area contributed by atoms with Crippen molar-refractivity contribution in [2.45, 2.75) is 59.2 Å². The SMILES string of the molecule is CCCN(C)Cc1ncc(-c2ccc(-c3ccc(-c4cnc(CN(CCC)C(=O)[C@H](CC)NC=O)s4)cc3)cc2)s1. The Kier molecular flexibility index (Phi) is 11.2. The molecule has 0 saturated heterocycles. The lowest BCUT2D eigenvalue weighted by Gasteiger charge is -2.25. The standard InChI is InChI=1S/C32H39N5O2S2/c1-5-16-36(4)20-30-33-18-28(40-30)25-12-8-23(9-13-25)24-10-14-26(15-11-24)29-19-34-31(41-29)21-37(17-6-2)32(39)27(7-3)35-22-38/h8-15,18-19,22,27H,5-7,16-17,20-21H2,1-4H3,(H,35,38)/t27-/m0/s1. The van der Waals surface area contributed by atoms with Gasteiger partial charge in [0.1, 0.15) is 16.1 Å². The smallest absolute Gasteiger partial charge is 0.245 e. The number of hydrogen-bond donors (Lipinski definition) is 1. The summed E-state index contributed by atoms with van der Waals surface area (Å²) in [7, 11) is 2.14. The van der Waals surface area contributed by atoms with Crippen LogP contribution in [0.1, 0.15) is 50.0 Å². The number of carbonyl (C=O) groups excluding carboxylic acids is 2. The first-order chi connectivity index (χ1) is 19.9. The second kappa shape index (κ2) is 15.0. The number of rotatable bonds is 15. The molecule has 4 aromatic rings. The lowest BCUT2D eigenvalue weighted by atomic mass is 10.0. The molecule has 0 aliphatic heterocycles. The van der Waals surface area contributed by atoms with Crippen molar-refractivity contribution in [3.05, 3.63) is 70.9 Å². The summed E-state index contributed by atoms with van der Waals surface area (Å²) in [5, 5.41) is 4.66. The highest BCUT2D eigenvalue weighted by molar-refractivity contribution is 7.15. The first kappa shape index (κ1) is 30.6. The number of nitrogens with one attached hydrogen (secondary N) is 1. The lowest BCUT2D eigenvalue weighted by Crippen LogP contribution is -2.45. The third-order valence-electron chi connectivity index (χ3n) is 6.90. The van der Waals surface area contributed by atoms with Gasteiger partial charge in [-0.05, 0) is 55.1 Å². The normalized spacial score (nSPS) is 11.9. The van der Waals surface area contributed by atoms with Gasteiger partial charge in [0.2, 0.25) is 12.3 Å². The van der Waals surface area contributed by atoms with Gasteiger partial charge in [-0.1, -0.05) is 69.3 Å². The van der Waals surface area contributed by atoms with E-state index in [1.54, 1.807) is 27.6 Å². The summed E-state index contributed by atoms with van der Waals surface area (Å²) in [5.74, 6) is -0.0658. The van der Waals surface area contributed by atoms with E-state index in [1.165, 1.54) is 16.0 Å². The van der Waals surface area contributed by atoms with Gasteiger partial charge in [0.05, 0.1) is 22.8 Å². The van der Waals surface area contributed by atoms with E-state index >= 15 is 0 Å². The minimum absolute atomic E-state index is 0.0658. The zero-order valence-corrected chi connectivity index (χ0v) is 25.9. The topological polar surface area (TPSA) is 78.4 Å². The molecule has 0 saturated carbocycles. The number of nitrogens with zero attached hydrogens (tertiary/aromatic N) is 4. The molecule has 2 aromatic carbocycles. The van der Waals surface area contributed by atoms with E-state index in [9.17, 15) is 9.59 Å². The van der Waals surface area contributed by atoms with Crippen LogP contribution in [0.5, 0.6) is 0 Å². The average molecular weight is 590 g/mol. The van der Waals surface area contributed by atoms with Crippen LogP contribution in [0, 0.1) is 0 Å². The molecule has 41 heavy (non-hydrogen) atoms. The van der Waals surface area contributed by atoms with E-state index in [-0.39, 0.29) is 5.91 Å². The minimum Gasteiger partial charge on any atom is -0.347 e. The molecule has 9 heteroatoms. The van der Waals surface area contributed by atoms with Crippen molar-refractivity contribution in [1.82, 2.24) is 25.1 Å². The molecule has 216 valence electrons. The number of hydrogen-bond acceptors (Lipinski definition) is 7.